The summed E-state index contributed by atoms with van der Waals surface area (Å²) in [6.45, 7) is 1.15. The number of benzene rings is 2. The van der Waals surface area contributed by atoms with Crippen molar-refractivity contribution < 1.29 is 30.3 Å². The van der Waals surface area contributed by atoms with Crippen LogP contribution < -0.4 is 14.2 Å². The van der Waals surface area contributed by atoms with Crippen molar-refractivity contribution in [3.05, 3.63) is 53.6 Å². The molecule has 0 bridgehead atoms. The molecule has 0 radical (unpaired) electrons. The summed E-state index contributed by atoms with van der Waals surface area (Å²) in [6.07, 6.45) is -8.56. The van der Waals surface area contributed by atoms with Gasteiger partial charge in [-0.05, 0) is 61.5 Å². The van der Waals surface area contributed by atoms with Gasteiger partial charge >= 0.3 is 0 Å². The Morgan fingerprint density at radius 1 is 1.20 bits per heavy atom. The second-order valence-electron chi connectivity index (χ2n) is 5.42. The van der Waals surface area contributed by atoms with E-state index >= 15 is 0 Å². The first-order chi connectivity index (χ1) is 15.0. The first kappa shape index (κ1) is 10.7. The summed E-state index contributed by atoms with van der Waals surface area (Å²) in [7, 11) is -1.37. The van der Waals surface area contributed by atoms with E-state index in [4.69, 9.17) is 25.2 Å². The molecule has 0 aliphatic heterocycles. The minimum Gasteiger partial charge on any atom is -0.493 e. The van der Waals surface area contributed by atoms with E-state index < -0.39 is 38.9 Å². The Balaban J connectivity index is 2.10. The third-order valence-corrected chi connectivity index (χ3v) is 3.45. The number of hydrogen-bond acceptors (Lipinski definition) is 4. The first-order valence-corrected chi connectivity index (χ1v) is 7.81. The largest absolute Gasteiger partial charge is 0.493 e. The molecule has 0 spiro atoms. The van der Waals surface area contributed by atoms with Gasteiger partial charge < -0.3 is 19.3 Å². The number of ether oxygens (including phenoxy) is 3. The van der Waals surface area contributed by atoms with Crippen LogP contribution in [0.15, 0.2) is 42.5 Å². The highest BCUT2D eigenvalue weighted by Crippen LogP contribution is 2.28. The zero-order valence-electron chi connectivity index (χ0n) is 22.3. The van der Waals surface area contributed by atoms with Crippen molar-refractivity contribution in [3.63, 3.8) is 0 Å². The third kappa shape index (κ3) is 6.31. The molecule has 1 N–H and O–H groups in total. The van der Waals surface area contributed by atoms with Crippen LogP contribution in [0.4, 0.5) is 0 Å². The molecule has 1 unspecified atom stereocenters. The van der Waals surface area contributed by atoms with Crippen molar-refractivity contribution in [1.29, 1.82) is 0 Å². The van der Waals surface area contributed by atoms with Gasteiger partial charge in [0.05, 0.1) is 25.7 Å². The average Bonchev–Trinajstić information content (AvgIpc) is 2.65. The van der Waals surface area contributed by atoms with Gasteiger partial charge in [-0.1, -0.05) is 24.6 Å². The lowest BCUT2D eigenvalue weighted by Gasteiger charge is -2.13. The molecule has 0 aromatic heterocycles. The maximum atomic E-state index is 10.4. The van der Waals surface area contributed by atoms with Gasteiger partial charge in [0.15, 0.2) is 11.5 Å². The molecule has 4 heteroatoms. The van der Waals surface area contributed by atoms with Crippen LogP contribution in [0.25, 0.3) is 0 Å². The van der Waals surface area contributed by atoms with E-state index in [1.165, 1.54) is 25.3 Å². The van der Waals surface area contributed by atoms with Crippen LogP contribution in [0.3, 0.4) is 0 Å². The van der Waals surface area contributed by atoms with E-state index in [9.17, 15) is 5.11 Å². The minimum absolute atomic E-state index is 0.0361. The number of methoxy groups -OCH3 is 2. The molecular weight excluding hydrogens is 316 g/mol. The molecular formula is C21H28O4. The summed E-state index contributed by atoms with van der Waals surface area (Å²) >= 11 is 0. The quantitative estimate of drug-likeness (QED) is 0.697. The molecule has 0 aliphatic rings. The van der Waals surface area contributed by atoms with E-state index in [1.54, 1.807) is 18.2 Å². The van der Waals surface area contributed by atoms with Crippen molar-refractivity contribution in [3.8, 4) is 17.2 Å². The Bertz CT molecular complexity index is 944. The Hall–Kier alpha value is -2.20. The monoisotopic (exact) mass is 352 g/mol. The molecule has 2 aromatic carbocycles. The number of rotatable bonds is 10. The molecule has 0 fully saturated rings. The highest BCUT2D eigenvalue weighted by molar-refractivity contribution is 5.42. The zero-order valence-corrected chi connectivity index (χ0v) is 14.3. The van der Waals surface area contributed by atoms with Crippen molar-refractivity contribution in [2.75, 3.05) is 20.8 Å². The Morgan fingerprint density at radius 3 is 2.84 bits per heavy atom. The van der Waals surface area contributed by atoms with Crippen LogP contribution in [-0.4, -0.2) is 31.9 Å². The Labute approximate surface area is 161 Å². The van der Waals surface area contributed by atoms with Gasteiger partial charge in [-0.25, -0.2) is 0 Å². The Morgan fingerprint density at radius 2 is 2.08 bits per heavy atom. The molecule has 0 saturated carbocycles. The van der Waals surface area contributed by atoms with Crippen LogP contribution >= 0.6 is 0 Å². The van der Waals surface area contributed by atoms with Crippen LogP contribution in [-0.2, 0) is 6.42 Å². The van der Waals surface area contributed by atoms with E-state index in [2.05, 4.69) is 0 Å². The van der Waals surface area contributed by atoms with Gasteiger partial charge in [0.2, 0.25) is 0 Å². The van der Waals surface area contributed by atoms with Gasteiger partial charge in [0.1, 0.15) is 12.4 Å². The van der Waals surface area contributed by atoms with Crippen LogP contribution in [0.5, 0.6) is 17.2 Å². The van der Waals surface area contributed by atoms with E-state index in [0.29, 0.717) is 11.3 Å². The fourth-order valence-corrected chi connectivity index (χ4v) is 2.19. The smallest absolute Gasteiger partial charge is 0.160 e. The maximum Gasteiger partial charge on any atom is 0.160 e. The molecule has 1 atom stereocenters. The molecule has 25 heavy (non-hydrogen) atoms. The van der Waals surface area contributed by atoms with Crippen molar-refractivity contribution in [1.82, 2.24) is 0 Å². The van der Waals surface area contributed by atoms with Crippen LogP contribution in [0.2, 0.25) is 0 Å². The molecule has 0 amide bonds. The lowest BCUT2D eigenvalue weighted by atomic mass is 10.0. The molecule has 0 heterocycles. The lowest BCUT2D eigenvalue weighted by molar-refractivity contribution is 0.0976. The molecule has 0 aliphatic carbocycles. The molecule has 136 valence electrons. The summed E-state index contributed by atoms with van der Waals surface area (Å²) in [4.78, 5) is 0. The SMILES string of the molecule is [2H]C([2H])(Cc1ccc(OC([2H])([2H])[2H])c(OC)c1)CC([2H])([2H])C([2H])(O)COc1cccc(C)c1. The molecule has 0 saturated heterocycles. The van der Waals surface area contributed by atoms with Crippen molar-refractivity contribution in [2.45, 2.75) is 38.6 Å². The van der Waals surface area contributed by atoms with E-state index in [-0.39, 0.29) is 17.9 Å². The second-order valence-corrected chi connectivity index (χ2v) is 5.42. The summed E-state index contributed by atoms with van der Waals surface area (Å²) in [5.41, 5.74) is 1.29. The summed E-state index contributed by atoms with van der Waals surface area (Å²) in [6, 6.07) is 11.0. The van der Waals surface area contributed by atoms with Gasteiger partial charge in [0.25, 0.3) is 0 Å². The fraction of sp³-hybridized carbons (Fsp3) is 0.429. The topological polar surface area (TPSA) is 47.9 Å². The Kier molecular flexibility index (Phi) is 4.26. The number of aryl methyl sites for hydroxylation is 2. The lowest BCUT2D eigenvalue weighted by Crippen LogP contribution is -2.17. The highest BCUT2D eigenvalue weighted by atomic mass is 16.5. The fourth-order valence-electron chi connectivity index (χ4n) is 2.19. The molecule has 4 nitrogen and oxygen atoms in total. The second kappa shape index (κ2) is 9.94. The van der Waals surface area contributed by atoms with E-state index in [0.717, 1.165) is 5.56 Å². The highest BCUT2D eigenvalue weighted by Gasteiger charge is 2.07. The third-order valence-electron chi connectivity index (χ3n) is 3.45. The summed E-state index contributed by atoms with van der Waals surface area (Å²) in [5, 5.41) is 10.4. The van der Waals surface area contributed by atoms with Gasteiger partial charge in [-0.15, -0.1) is 0 Å². The molecule has 2 aromatic rings. The zero-order chi connectivity index (χ0) is 25.1. The average molecular weight is 352 g/mol. The normalized spacial score (nSPS) is 19.5. The predicted octanol–water partition coefficient (Wildman–Crippen LogP) is 4.16. The van der Waals surface area contributed by atoms with Crippen molar-refractivity contribution >= 4 is 0 Å². The van der Waals surface area contributed by atoms with E-state index in [1.807, 2.05) is 13.0 Å². The first-order valence-electron chi connectivity index (χ1n) is 11.8. The van der Waals surface area contributed by atoms with Gasteiger partial charge in [-0.2, -0.15) is 0 Å². The van der Waals surface area contributed by atoms with Crippen LogP contribution in [0, 0.1) is 6.92 Å². The summed E-state index contributed by atoms with van der Waals surface area (Å²) < 4.78 is 77.9. The predicted molar refractivity (Wildman–Crippen MR) is 99.8 cm³/mol. The number of hydrogen-bond donors (Lipinski definition) is 1. The van der Waals surface area contributed by atoms with Crippen molar-refractivity contribution in [2.24, 2.45) is 0 Å². The standard InChI is InChI=1S/C21H28O4/c1-16-7-6-10-19(13-16)25-15-18(22)9-5-4-8-17-11-12-20(23-2)21(14-17)24-3/h6-7,10-14,18,22H,4-5,8-9,15H2,1-3H3/i2D3,4D2,9D2,18D. The molecule has 2 rings (SSSR count). The van der Waals surface area contributed by atoms with Gasteiger partial charge in [-0.3, -0.25) is 0 Å². The van der Waals surface area contributed by atoms with Gasteiger partial charge in [0, 0.05) is 5.48 Å². The summed E-state index contributed by atoms with van der Waals surface area (Å²) in [5.74, 6) is 0.419. The number of aliphatic hydroxyl groups is 1. The maximum absolute atomic E-state index is 10.4. The minimum atomic E-state index is -2.71. The van der Waals surface area contributed by atoms with Crippen LogP contribution in [0.1, 0.15) is 41.3 Å².